The average molecular weight is 272 g/mol. The Labute approximate surface area is 118 Å². The lowest BCUT2D eigenvalue weighted by Gasteiger charge is -2.20. The zero-order valence-electron chi connectivity index (χ0n) is 12.3. The highest BCUT2D eigenvalue weighted by molar-refractivity contribution is 5.95. The zero-order valence-corrected chi connectivity index (χ0v) is 12.3. The molecule has 20 heavy (non-hydrogen) atoms. The summed E-state index contributed by atoms with van der Waals surface area (Å²) in [5.74, 6) is 1.48. The summed E-state index contributed by atoms with van der Waals surface area (Å²) in [6.45, 7) is 7.84. The van der Waals surface area contributed by atoms with Crippen LogP contribution in [0.1, 0.15) is 47.5 Å². The number of carbonyl (C=O) groups excluding carboxylic acids is 1. The Balaban J connectivity index is 2.21. The highest BCUT2D eigenvalue weighted by atomic mass is 16.1. The molecule has 0 aliphatic rings. The number of nitrogens with one attached hydrogen (secondary N) is 2. The number of amides is 1. The molecule has 2 aromatic rings. The number of H-pyrrole nitrogens is 1. The number of rotatable bonds is 4. The zero-order chi connectivity index (χ0) is 14.7. The normalized spacial score (nSPS) is 12.4. The van der Waals surface area contributed by atoms with Crippen LogP contribution in [0.3, 0.4) is 0 Å². The maximum absolute atomic E-state index is 12.4. The molecule has 0 aliphatic heterocycles. The van der Waals surface area contributed by atoms with Gasteiger partial charge in [0.05, 0.1) is 6.04 Å². The lowest BCUT2D eigenvalue weighted by Crippen LogP contribution is -2.33. The predicted octanol–water partition coefficient (Wildman–Crippen LogP) is 2.55. The van der Waals surface area contributed by atoms with E-state index in [9.17, 15) is 4.79 Å². The molecule has 1 aromatic heterocycles. The number of carbonyl (C=O) groups is 1. The van der Waals surface area contributed by atoms with Crippen molar-refractivity contribution in [2.24, 2.45) is 5.92 Å². The third-order valence-electron chi connectivity index (χ3n) is 3.24. The predicted molar refractivity (Wildman–Crippen MR) is 77.3 cm³/mol. The SMILES string of the molecule is Cc1nc(C(NC(=O)c2ccccc2C)C(C)C)n[nH]1. The number of aromatic amines is 1. The molecule has 2 rings (SSSR count). The first-order chi connectivity index (χ1) is 9.49. The Hall–Kier alpha value is -2.17. The van der Waals surface area contributed by atoms with Crippen LogP contribution in [0.5, 0.6) is 0 Å². The first-order valence-electron chi connectivity index (χ1n) is 6.74. The molecular formula is C15H20N4O. The van der Waals surface area contributed by atoms with E-state index in [0.717, 1.165) is 11.4 Å². The van der Waals surface area contributed by atoms with Gasteiger partial charge in [-0.2, -0.15) is 5.10 Å². The second kappa shape index (κ2) is 5.86. The summed E-state index contributed by atoms with van der Waals surface area (Å²) >= 11 is 0. The van der Waals surface area contributed by atoms with E-state index in [1.54, 1.807) is 0 Å². The second-order valence-corrected chi connectivity index (χ2v) is 5.29. The van der Waals surface area contributed by atoms with Gasteiger partial charge < -0.3 is 5.32 Å². The van der Waals surface area contributed by atoms with Crippen molar-refractivity contribution in [2.75, 3.05) is 0 Å². The van der Waals surface area contributed by atoms with Crippen LogP contribution in [0, 0.1) is 19.8 Å². The van der Waals surface area contributed by atoms with Crippen molar-refractivity contribution in [3.8, 4) is 0 Å². The van der Waals surface area contributed by atoms with Crippen LogP contribution in [0.2, 0.25) is 0 Å². The van der Waals surface area contributed by atoms with Gasteiger partial charge in [-0.05, 0) is 31.4 Å². The largest absolute Gasteiger partial charge is 0.342 e. The summed E-state index contributed by atoms with van der Waals surface area (Å²) in [6.07, 6.45) is 0. The van der Waals surface area contributed by atoms with Crippen molar-refractivity contribution < 1.29 is 4.79 Å². The number of hydrogen-bond donors (Lipinski definition) is 2. The van der Waals surface area contributed by atoms with Gasteiger partial charge in [0, 0.05) is 5.56 Å². The molecule has 0 radical (unpaired) electrons. The molecule has 1 unspecified atom stereocenters. The van der Waals surface area contributed by atoms with Crippen LogP contribution in [-0.4, -0.2) is 21.1 Å². The van der Waals surface area contributed by atoms with Crippen molar-refractivity contribution >= 4 is 5.91 Å². The number of aromatic nitrogens is 3. The lowest BCUT2D eigenvalue weighted by molar-refractivity contribution is 0.0922. The Morgan fingerprint density at radius 1 is 1.25 bits per heavy atom. The van der Waals surface area contributed by atoms with E-state index in [4.69, 9.17) is 0 Å². The molecule has 0 bridgehead atoms. The maximum atomic E-state index is 12.4. The van der Waals surface area contributed by atoms with Crippen molar-refractivity contribution in [3.63, 3.8) is 0 Å². The maximum Gasteiger partial charge on any atom is 0.252 e. The molecule has 1 atom stereocenters. The van der Waals surface area contributed by atoms with Crippen molar-refractivity contribution in [2.45, 2.75) is 33.7 Å². The van der Waals surface area contributed by atoms with Crippen molar-refractivity contribution in [3.05, 3.63) is 47.0 Å². The van der Waals surface area contributed by atoms with Gasteiger partial charge in [0.2, 0.25) is 0 Å². The van der Waals surface area contributed by atoms with Gasteiger partial charge >= 0.3 is 0 Å². The van der Waals surface area contributed by atoms with E-state index in [-0.39, 0.29) is 17.9 Å². The van der Waals surface area contributed by atoms with E-state index < -0.39 is 0 Å². The van der Waals surface area contributed by atoms with E-state index in [2.05, 4.69) is 20.5 Å². The summed E-state index contributed by atoms with van der Waals surface area (Å²) in [4.78, 5) is 16.7. The Morgan fingerprint density at radius 2 is 1.95 bits per heavy atom. The highest BCUT2D eigenvalue weighted by Crippen LogP contribution is 2.19. The minimum atomic E-state index is -0.202. The van der Waals surface area contributed by atoms with Crippen molar-refractivity contribution in [1.82, 2.24) is 20.5 Å². The first kappa shape index (κ1) is 14.2. The van der Waals surface area contributed by atoms with E-state index >= 15 is 0 Å². The molecule has 2 N–H and O–H groups in total. The highest BCUT2D eigenvalue weighted by Gasteiger charge is 2.23. The molecule has 5 heteroatoms. The minimum absolute atomic E-state index is 0.0933. The van der Waals surface area contributed by atoms with Crippen molar-refractivity contribution in [1.29, 1.82) is 0 Å². The van der Waals surface area contributed by atoms with Gasteiger partial charge in [-0.1, -0.05) is 32.0 Å². The Kier molecular flexibility index (Phi) is 4.17. The molecule has 0 aliphatic carbocycles. The molecule has 1 aromatic carbocycles. The quantitative estimate of drug-likeness (QED) is 0.898. The van der Waals surface area contributed by atoms with Crippen LogP contribution in [-0.2, 0) is 0 Å². The van der Waals surface area contributed by atoms with Gasteiger partial charge in [0.15, 0.2) is 5.82 Å². The molecule has 1 amide bonds. The van der Waals surface area contributed by atoms with E-state index in [1.165, 1.54) is 0 Å². The standard InChI is InChI=1S/C15H20N4O/c1-9(2)13(14-16-11(4)18-19-14)17-15(20)12-8-6-5-7-10(12)3/h5-9,13H,1-4H3,(H,17,20)(H,16,18,19). The summed E-state index contributed by atoms with van der Waals surface area (Å²) in [6, 6.07) is 7.34. The third kappa shape index (κ3) is 3.04. The number of benzene rings is 1. The van der Waals surface area contributed by atoms with Crippen LogP contribution in [0.15, 0.2) is 24.3 Å². The Morgan fingerprint density at radius 3 is 2.50 bits per heavy atom. The number of aryl methyl sites for hydroxylation is 2. The molecule has 1 heterocycles. The molecule has 0 fully saturated rings. The fourth-order valence-corrected chi connectivity index (χ4v) is 2.08. The van der Waals surface area contributed by atoms with Gasteiger partial charge in [0.25, 0.3) is 5.91 Å². The van der Waals surface area contributed by atoms with Gasteiger partial charge in [-0.25, -0.2) is 4.98 Å². The topological polar surface area (TPSA) is 70.7 Å². The second-order valence-electron chi connectivity index (χ2n) is 5.29. The molecule has 0 spiro atoms. The summed E-state index contributed by atoms with van der Waals surface area (Å²) in [7, 11) is 0. The fraction of sp³-hybridized carbons (Fsp3) is 0.400. The Bertz CT molecular complexity index is 603. The summed E-state index contributed by atoms with van der Waals surface area (Å²) in [5.41, 5.74) is 1.64. The molecule has 106 valence electrons. The number of nitrogens with zero attached hydrogens (tertiary/aromatic N) is 2. The van der Waals surface area contributed by atoms with Gasteiger partial charge in [0.1, 0.15) is 5.82 Å². The van der Waals surface area contributed by atoms with Crippen LogP contribution in [0.4, 0.5) is 0 Å². The molecular weight excluding hydrogens is 252 g/mol. The minimum Gasteiger partial charge on any atom is -0.342 e. The summed E-state index contributed by atoms with van der Waals surface area (Å²) in [5, 5.41) is 9.99. The number of hydrogen-bond acceptors (Lipinski definition) is 3. The summed E-state index contributed by atoms with van der Waals surface area (Å²) < 4.78 is 0. The van der Waals surface area contributed by atoms with Crippen LogP contribution < -0.4 is 5.32 Å². The van der Waals surface area contributed by atoms with Gasteiger partial charge in [-0.15, -0.1) is 0 Å². The van der Waals surface area contributed by atoms with Crippen LogP contribution in [0.25, 0.3) is 0 Å². The van der Waals surface area contributed by atoms with Crippen LogP contribution >= 0.6 is 0 Å². The monoisotopic (exact) mass is 272 g/mol. The van der Waals surface area contributed by atoms with Gasteiger partial charge in [-0.3, -0.25) is 9.89 Å². The average Bonchev–Trinajstić information content (AvgIpc) is 2.82. The molecule has 5 nitrogen and oxygen atoms in total. The fourth-order valence-electron chi connectivity index (χ4n) is 2.08. The third-order valence-corrected chi connectivity index (χ3v) is 3.24. The smallest absolute Gasteiger partial charge is 0.252 e. The van der Waals surface area contributed by atoms with E-state index in [0.29, 0.717) is 11.4 Å². The first-order valence-corrected chi connectivity index (χ1v) is 6.74. The lowest BCUT2D eigenvalue weighted by atomic mass is 10.0. The van der Waals surface area contributed by atoms with E-state index in [1.807, 2.05) is 52.0 Å². The molecule has 0 saturated heterocycles. The molecule has 0 saturated carbocycles.